The van der Waals surface area contributed by atoms with E-state index in [1.807, 2.05) is 61.5 Å². The molecule has 0 radical (unpaired) electrons. The summed E-state index contributed by atoms with van der Waals surface area (Å²) in [6.07, 6.45) is 5.32. The van der Waals surface area contributed by atoms with E-state index < -0.39 is 11.9 Å². The number of benzene rings is 3. The zero-order valence-corrected chi connectivity index (χ0v) is 18.5. The van der Waals surface area contributed by atoms with Gasteiger partial charge in [-0.05, 0) is 53.1 Å². The number of anilines is 1. The van der Waals surface area contributed by atoms with Crippen molar-refractivity contribution in [1.82, 2.24) is 4.90 Å². The molecule has 2 amide bonds. The Morgan fingerprint density at radius 2 is 1.61 bits per heavy atom. The molecule has 1 aliphatic heterocycles. The van der Waals surface area contributed by atoms with Gasteiger partial charge < -0.3 is 15.0 Å². The van der Waals surface area contributed by atoms with Crippen molar-refractivity contribution < 1.29 is 19.1 Å². The largest absolute Gasteiger partial charge is 0.465 e. The summed E-state index contributed by atoms with van der Waals surface area (Å²) < 4.78 is 4.84. The second kappa shape index (κ2) is 9.53. The first-order valence-corrected chi connectivity index (χ1v) is 10.6. The van der Waals surface area contributed by atoms with Gasteiger partial charge in [0, 0.05) is 24.7 Å². The first-order valence-electron chi connectivity index (χ1n) is 10.6. The quantitative estimate of drug-likeness (QED) is 0.355. The van der Waals surface area contributed by atoms with Crippen LogP contribution in [0.2, 0.25) is 0 Å². The average Bonchev–Trinajstić information content (AvgIpc) is 3.37. The summed E-state index contributed by atoms with van der Waals surface area (Å²) in [5.74, 6) is -1.17. The molecule has 1 heterocycles. The normalized spacial score (nSPS) is 13.3. The SMILES string of the molecule is COC(=O)c1ccc(C(=O)N2CC=CC2)cc1NC(=O)C=C(C)c1ccc2ccccc2c1. The van der Waals surface area contributed by atoms with Crippen molar-refractivity contribution in [2.24, 2.45) is 0 Å². The summed E-state index contributed by atoms with van der Waals surface area (Å²) in [4.78, 5) is 39.5. The number of esters is 1. The van der Waals surface area contributed by atoms with Crippen molar-refractivity contribution in [3.8, 4) is 0 Å². The second-order valence-electron chi connectivity index (χ2n) is 7.81. The van der Waals surface area contributed by atoms with Gasteiger partial charge in [-0.1, -0.05) is 48.6 Å². The number of methoxy groups -OCH3 is 1. The first kappa shape index (κ1) is 22.0. The van der Waals surface area contributed by atoms with E-state index in [1.54, 1.807) is 11.0 Å². The molecule has 33 heavy (non-hydrogen) atoms. The lowest BCUT2D eigenvalue weighted by Crippen LogP contribution is -2.28. The Morgan fingerprint density at radius 3 is 2.33 bits per heavy atom. The van der Waals surface area contributed by atoms with Crippen LogP contribution in [-0.4, -0.2) is 42.9 Å². The molecule has 0 fully saturated rings. The fraction of sp³-hybridized carbons (Fsp3) is 0.148. The maximum atomic E-state index is 12.8. The smallest absolute Gasteiger partial charge is 0.339 e. The van der Waals surface area contributed by atoms with Crippen molar-refractivity contribution in [3.63, 3.8) is 0 Å². The lowest BCUT2D eigenvalue weighted by Gasteiger charge is -2.17. The van der Waals surface area contributed by atoms with Gasteiger partial charge in [-0.3, -0.25) is 9.59 Å². The van der Waals surface area contributed by atoms with Crippen LogP contribution in [-0.2, 0) is 9.53 Å². The van der Waals surface area contributed by atoms with Gasteiger partial charge in [0.15, 0.2) is 0 Å². The van der Waals surface area contributed by atoms with Crippen LogP contribution in [0.1, 0.15) is 33.2 Å². The van der Waals surface area contributed by atoms with E-state index in [1.165, 1.54) is 25.3 Å². The van der Waals surface area contributed by atoms with Gasteiger partial charge >= 0.3 is 5.97 Å². The fourth-order valence-corrected chi connectivity index (χ4v) is 3.78. The number of rotatable bonds is 5. The van der Waals surface area contributed by atoms with Gasteiger partial charge in [0.25, 0.3) is 5.91 Å². The third kappa shape index (κ3) is 4.85. The maximum Gasteiger partial charge on any atom is 0.339 e. The number of fused-ring (bicyclic) bond motifs is 1. The van der Waals surface area contributed by atoms with E-state index in [0.717, 1.165) is 21.9 Å². The third-order valence-electron chi connectivity index (χ3n) is 5.59. The fourth-order valence-electron chi connectivity index (χ4n) is 3.78. The molecule has 0 saturated carbocycles. The molecule has 3 aromatic carbocycles. The molecule has 1 N–H and O–H groups in total. The molecule has 3 aromatic rings. The van der Waals surface area contributed by atoms with Crippen LogP contribution < -0.4 is 5.32 Å². The van der Waals surface area contributed by atoms with Crippen molar-refractivity contribution in [1.29, 1.82) is 0 Å². The van der Waals surface area contributed by atoms with Crippen LogP contribution in [0.15, 0.2) is 78.9 Å². The van der Waals surface area contributed by atoms with Crippen LogP contribution in [0.4, 0.5) is 5.69 Å². The Bertz CT molecular complexity index is 1300. The number of carbonyl (C=O) groups is 3. The molecule has 0 saturated heterocycles. The monoisotopic (exact) mass is 440 g/mol. The maximum absolute atomic E-state index is 12.8. The number of hydrogen-bond acceptors (Lipinski definition) is 4. The van der Waals surface area contributed by atoms with Gasteiger partial charge in [-0.2, -0.15) is 0 Å². The Morgan fingerprint density at radius 1 is 0.909 bits per heavy atom. The Balaban J connectivity index is 1.59. The Kier molecular flexibility index (Phi) is 6.36. The van der Waals surface area contributed by atoms with Gasteiger partial charge in [0.2, 0.25) is 5.91 Å². The summed E-state index contributed by atoms with van der Waals surface area (Å²) in [6, 6.07) is 18.6. The summed E-state index contributed by atoms with van der Waals surface area (Å²) in [5.41, 5.74) is 2.48. The number of allylic oxidation sites excluding steroid dienone is 1. The predicted molar refractivity (Wildman–Crippen MR) is 129 cm³/mol. The van der Waals surface area contributed by atoms with Gasteiger partial charge in [0.1, 0.15) is 0 Å². The van der Waals surface area contributed by atoms with Crippen LogP contribution in [0.25, 0.3) is 16.3 Å². The molecular weight excluding hydrogens is 416 g/mol. The average molecular weight is 440 g/mol. The molecule has 166 valence electrons. The molecule has 0 spiro atoms. The van der Waals surface area contributed by atoms with Crippen LogP contribution in [0.3, 0.4) is 0 Å². The molecule has 0 unspecified atom stereocenters. The number of nitrogens with one attached hydrogen (secondary N) is 1. The predicted octanol–water partition coefficient (Wildman–Crippen LogP) is 4.68. The molecule has 6 nitrogen and oxygen atoms in total. The van der Waals surface area contributed by atoms with Crippen molar-refractivity contribution in [3.05, 3.63) is 95.6 Å². The summed E-state index contributed by atoms with van der Waals surface area (Å²) >= 11 is 0. The molecule has 0 atom stereocenters. The van der Waals surface area contributed by atoms with E-state index in [2.05, 4.69) is 5.32 Å². The highest BCUT2D eigenvalue weighted by atomic mass is 16.5. The highest BCUT2D eigenvalue weighted by Crippen LogP contribution is 2.23. The zero-order valence-electron chi connectivity index (χ0n) is 18.5. The molecule has 0 aliphatic carbocycles. The highest BCUT2D eigenvalue weighted by molar-refractivity contribution is 6.09. The Labute approximate surface area is 192 Å². The Hall–Kier alpha value is -4.19. The summed E-state index contributed by atoms with van der Waals surface area (Å²) in [6.45, 7) is 2.92. The topological polar surface area (TPSA) is 75.7 Å². The molecule has 0 aromatic heterocycles. The van der Waals surface area contributed by atoms with E-state index in [4.69, 9.17) is 4.74 Å². The zero-order chi connectivity index (χ0) is 23.4. The lowest BCUT2D eigenvalue weighted by atomic mass is 10.0. The summed E-state index contributed by atoms with van der Waals surface area (Å²) in [5, 5.41) is 4.95. The third-order valence-corrected chi connectivity index (χ3v) is 5.59. The van der Waals surface area contributed by atoms with E-state index in [0.29, 0.717) is 18.7 Å². The highest BCUT2D eigenvalue weighted by Gasteiger charge is 2.20. The van der Waals surface area contributed by atoms with Crippen LogP contribution in [0, 0.1) is 0 Å². The summed E-state index contributed by atoms with van der Waals surface area (Å²) in [7, 11) is 1.27. The number of nitrogens with zero attached hydrogens (tertiary/aromatic N) is 1. The lowest BCUT2D eigenvalue weighted by molar-refractivity contribution is -0.111. The van der Waals surface area contributed by atoms with Gasteiger partial charge in [-0.25, -0.2) is 4.79 Å². The standard InChI is InChI=1S/C27H24N2O4/c1-18(20-10-9-19-7-3-4-8-21(19)16-20)15-25(30)28-24-17-22(11-12-23(24)27(32)33-2)26(31)29-13-5-6-14-29/h3-12,15-17H,13-14H2,1-2H3,(H,28,30). The van der Waals surface area contributed by atoms with Crippen molar-refractivity contribution in [2.75, 3.05) is 25.5 Å². The number of amides is 2. The van der Waals surface area contributed by atoms with Crippen LogP contribution in [0.5, 0.6) is 0 Å². The van der Waals surface area contributed by atoms with Crippen molar-refractivity contribution in [2.45, 2.75) is 6.92 Å². The number of ether oxygens (including phenoxy) is 1. The van der Waals surface area contributed by atoms with Gasteiger partial charge in [0.05, 0.1) is 18.4 Å². The molecular formula is C27H24N2O4. The minimum atomic E-state index is -0.595. The molecule has 0 bridgehead atoms. The number of hydrogen-bond donors (Lipinski definition) is 1. The second-order valence-corrected chi connectivity index (χ2v) is 7.81. The minimum absolute atomic E-state index is 0.171. The number of carbonyl (C=O) groups excluding carboxylic acids is 3. The molecule has 4 rings (SSSR count). The first-order chi connectivity index (χ1) is 16.0. The van der Waals surface area contributed by atoms with E-state index >= 15 is 0 Å². The van der Waals surface area contributed by atoms with Gasteiger partial charge in [-0.15, -0.1) is 0 Å². The van der Waals surface area contributed by atoms with E-state index in [-0.39, 0.29) is 17.2 Å². The van der Waals surface area contributed by atoms with Crippen LogP contribution >= 0.6 is 0 Å². The molecule has 1 aliphatic rings. The minimum Gasteiger partial charge on any atom is -0.465 e. The van der Waals surface area contributed by atoms with E-state index in [9.17, 15) is 14.4 Å². The molecule has 6 heteroatoms. The van der Waals surface area contributed by atoms with Crippen molar-refractivity contribution >= 4 is 39.8 Å².